The number of nitrogens with zero attached hydrogens (tertiary/aromatic N) is 6. The van der Waals surface area contributed by atoms with E-state index < -0.39 is 23.0 Å². The number of methoxy groups -OCH3 is 1. The van der Waals surface area contributed by atoms with E-state index in [0.717, 1.165) is 54.9 Å². The van der Waals surface area contributed by atoms with Crippen molar-refractivity contribution in [1.82, 2.24) is 14.5 Å². The lowest BCUT2D eigenvalue weighted by Crippen LogP contribution is -2.46. The number of esters is 1. The molecule has 3 atom stereocenters. The Morgan fingerprint density at radius 3 is 2.70 bits per heavy atom. The number of carbonyl (C=O) groups excluding carboxylic acids is 1. The lowest BCUT2D eigenvalue weighted by Gasteiger charge is -2.36. The monoisotopic (exact) mass is 618 g/mol. The summed E-state index contributed by atoms with van der Waals surface area (Å²) in [6.45, 7) is 4.39. The fraction of sp³-hybridized carbons (Fsp3) is 0.371. The third-order valence-corrected chi connectivity index (χ3v) is 9.82. The first-order valence-electron chi connectivity index (χ1n) is 15.5. The Balaban J connectivity index is 1.04. The fourth-order valence-corrected chi connectivity index (χ4v) is 7.02. The van der Waals surface area contributed by atoms with Gasteiger partial charge < -0.3 is 23.7 Å². The Labute approximate surface area is 265 Å². The number of aromatic nitrogens is 2. The predicted octanol–water partition coefficient (Wildman–Crippen LogP) is 5.24. The van der Waals surface area contributed by atoms with E-state index >= 15 is 4.39 Å². The Hall–Kier alpha value is -5.13. The molecule has 1 saturated heterocycles. The van der Waals surface area contributed by atoms with E-state index in [4.69, 9.17) is 24.5 Å². The van der Waals surface area contributed by atoms with Crippen LogP contribution in [0.4, 0.5) is 10.1 Å². The highest BCUT2D eigenvalue weighted by Crippen LogP contribution is 2.52. The Kier molecular flexibility index (Phi) is 6.28. The minimum Gasteiger partial charge on any atom is -0.465 e. The summed E-state index contributed by atoms with van der Waals surface area (Å²) in [5.74, 6) is -0.302. The van der Waals surface area contributed by atoms with Crippen LogP contribution in [0.1, 0.15) is 53.5 Å². The molecule has 0 N–H and O–H groups in total. The molecule has 8 rings (SSSR count). The number of halogens is 1. The number of imidazole rings is 1. The van der Waals surface area contributed by atoms with Crippen LogP contribution in [-0.2, 0) is 23.6 Å². The number of fused-ring (bicyclic) bond motifs is 3. The van der Waals surface area contributed by atoms with E-state index in [1.807, 2.05) is 36.4 Å². The van der Waals surface area contributed by atoms with Gasteiger partial charge in [0, 0.05) is 38.6 Å². The molecular weight excluding hydrogens is 587 g/mol. The first-order chi connectivity index (χ1) is 22.2. The summed E-state index contributed by atoms with van der Waals surface area (Å²) in [6.07, 6.45) is 2.68. The van der Waals surface area contributed by atoms with Gasteiger partial charge in [0.25, 0.3) is 5.79 Å². The highest BCUT2D eigenvalue weighted by Gasteiger charge is 2.51. The predicted molar refractivity (Wildman–Crippen MR) is 164 cm³/mol. The quantitative estimate of drug-likeness (QED) is 0.256. The second-order valence-electron chi connectivity index (χ2n) is 12.8. The normalized spacial score (nSPS) is 23.8. The fourth-order valence-electron chi connectivity index (χ4n) is 7.02. The molecule has 3 heterocycles. The van der Waals surface area contributed by atoms with E-state index in [1.165, 1.54) is 13.2 Å². The maximum atomic E-state index is 15.0. The van der Waals surface area contributed by atoms with Gasteiger partial charge in [0.1, 0.15) is 11.6 Å². The van der Waals surface area contributed by atoms with Crippen LogP contribution in [0.25, 0.3) is 11.0 Å². The SMILES string of the molecule is COC(=O)c1ccc2nc(CN3CCN(c4cccc5c4OC(C)(c4ccc(C#N)cc4F)O5)C4CC43)n(CC3(C#N)CC3)c2c1. The van der Waals surface area contributed by atoms with E-state index in [-0.39, 0.29) is 17.2 Å². The first-order valence-corrected chi connectivity index (χ1v) is 15.5. The molecule has 232 valence electrons. The molecule has 2 aliphatic heterocycles. The molecule has 2 saturated carbocycles. The summed E-state index contributed by atoms with van der Waals surface area (Å²) in [5.41, 5.74) is 3.07. The molecule has 0 amide bonds. The van der Waals surface area contributed by atoms with Crippen LogP contribution < -0.4 is 14.4 Å². The van der Waals surface area contributed by atoms with Crippen LogP contribution >= 0.6 is 0 Å². The number of ether oxygens (including phenoxy) is 3. The Morgan fingerprint density at radius 2 is 1.96 bits per heavy atom. The standard InChI is InChI=1S/C35H31FN6O4/c1-34(23-8-6-21(17-37)14-24(23)36)45-30-5-3-4-26(32(30)46-34)41-13-12-40(28-16-29(28)41)18-31-39-25-9-7-22(33(43)44-2)15-27(25)42(31)20-35(19-38)10-11-35/h3-9,14-15,28-29H,10-13,16,18,20H2,1-2H3. The van der Waals surface area contributed by atoms with Gasteiger partial charge in [-0.05, 0) is 67.8 Å². The molecule has 3 aromatic carbocycles. The lowest BCUT2D eigenvalue weighted by molar-refractivity contribution is -0.0705. The van der Waals surface area contributed by atoms with Crippen LogP contribution in [0.5, 0.6) is 11.5 Å². The van der Waals surface area contributed by atoms with Gasteiger partial charge >= 0.3 is 5.97 Å². The van der Waals surface area contributed by atoms with Gasteiger partial charge in [-0.15, -0.1) is 0 Å². The molecule has 3 fully saturated rings. The molecule has 0 radical (unpaired) electrons. The summed E-state index contributed by atoms with van der Waals surface area (Å²) in [6, 6.07) is 20.5. The molecule has 0 spiro atoms. The molecule has 4 aromatic rings. The number of nitriles is 2. The van der Waals surface area contributed by atoms with E-state index in [1.54, 1.807) is 25.1 Å². The second-order valence-corrected chi connectivity index (χ2v) is 12.8. The Bertz CT molecular complexity index is 2010. The van der Waals surface area contributed by atoms with Gasteiger partial charge in [0.15, 0.2) is 11.5 Å². The average molecular weight is 619 g/mol. The molecule has 11 heteroatoms. The molecule has 0 bridgehead atoms. The maximum Gasteiger partial charge on any atom is 0.337 e. The zero-order valence-corrected chi connectivity index (χ0v) is 25.5. The van der Waals surface area contributed by atoms with Crippen molar-refractivity contribution in [2.45, 2.75) is 57.1 Å². The van der Waals surface area contributed by atoms with Crippen LogP contribution in [0.3, 0.4) is 0 Å². The molecule has 1 aromatic heterocycles. The van der Waals surface area contributed by atoms with Crippen molar-refractivity contribution in [1.29, 1.82) is 10.5 Å². The summed E-state index contributed by atoms with van der Waals surface area (Å²) in [4.78, 5) is 22.1. The van der Waals surface area contributed by atoms with Crippen LogP contribution in [0.15, 0.2) is 54.6 Å². The van der Waals surface area contributed by atoms with Crippen molar-refractivity contribution >= 4 is 22.7 Å². The van der Waals surface area contributed by atoms with Crippen molar-refractivity contribution in [3.8, 4) is 23.6 Å². The maximum absolute atomic E-state index is 15.0. The molecule has 2 aliphatic carbocycles. The Morgan fingerprint density at radius 1 is 1.11 bits per heavy atom. The van der Waals surface area contributed by atoms with Crippen molar-refractivity contribution in [3.63, 3.8) is 0 Å². The zero-order chi connectivity index (χ0) is 31.8. The van der Waals surface area contributed by atoms with E-state index in [9.17, 15) is 10.1 Å². The largest absolute Gasteiger partial charge is 0.465 e. The average Bonchev–Trinajstić information content (AvgIpc) is 3.97. The van der Waals surface area contributed by atoms with Crippen molar-refractivity contribution in [2.75, 3.05) is 25.1 Å². The number of hydrogen-bond acceptors (Lipinski definition) is 9. The van der Waals surface area contributed by atoms with Gasteiger partial charge in [-0.2, -0.15) is 10.5 Å². The number of para-hydroxylation sites is 1. The number of hydrogen-bond donors (Lipinski definition) is 0. The van der Waals surface area contributed by atoms with Gasteiger partial charge in [-0.1, -0.05) is 6.07 Å². The first kappa shape index (κ1) is 28.4. The minimum absolute atomic E-state index is 0.230. The van der Waals surface area contributed by atoms with Crippen LogP contribution in [0.2, 0.25) is 0 Å². The van der Waals surface area contributed by atoms with E-state index in [0.29, 0.717) is 36.2 Å². The van der Waals surface area contributed by atoms with Crippen molar-refractivity contribution in [3.05, 3.63) is 82.9 Å². The van der Waals surface area contributed by atoms with Crippen LogP contribution in [0, 0.1) is 33.9 Å². The molecule has 4 aliphatic rings. The van der Waals surface area contributed by atoms with Crippen molar-refractivity contribution in [2.24, 2.45) is 5.41 Å². The third kappa shape index (κ3) is 4.53. The van der Waals surface area contributed by atoms with Gasteiger partial charge in [-0.25, -0.2) is 14.2 Å². The number of benzene rings is 3. The highest BCUT2D eigenvalue weighted by molar-refractivity contribution is 5.93. The summed E-state index contributed by atoms with van der Waals surface area (Å²) in [5, 5.41) is 19.0. The van der Waals surface area contributed by atoms with Gasteiger partial charge in [0.2, 0.25) is 0 Å². The summed E-state index contributed by atoms with van der Waals surface area (Å²) in [7, 11) is 1.37. The number of piperazine rings is 1. The zero-order valence-electron chi connectivity index (χ0n) is 25.5. The third-order valence-electron chi connectivity index (χ3n) is 9.82. The number of anilines is 1. The number of rotatable bonds is 7. The molecular formula is C35H31FN6O4. The molecule has 10 nitrogen and oxygen atoms in total. The molecule has 46 heavy (non-hydrogen) atoms. The topological polar surface area (TPSA) is 117 Å². The second kappa shape index (κ2) is 10.2. The molecule has 3 unspecified atom stereocenters. The smallest absolute Gasteiger partial charge is 0.337 e. The van der Waals surface area contributed by atoms with Crippen LogP contribution in [-0.4, -0.2) is 52.7 Å². The number of carbonyl (C=O) groups is 1. The minimum atomic E-state index is -1.36. The van der Waals surface area contributed by atoms with E-state index in [2.05, 4.69) is 20.4 Å². The lowest BCUT2D eigenvalue weighted by atomic mass is 10.0. The van der Waals surface area contributed by atoms with Gasteiger partial charge in [-0.3, -0.25) is 4.90 Å². The summed E-state index contributed by atoms with van der Waals surface area (Å²) < 4.78 is 34.7. The highest BCUT2D eigenvalue weighted by atomic mass is 19.1. The van der Waals surface area contributed by atoms with Gasteiger partial charge in [0.05, 0.1) is 64.6 Å². The van der Waals surface area contributed by atoms with Crippen molar-refractivity contribution < 1.29 is 23.4 Å². The summed E-state index contributed by atoms with van der Waals surface area (Å²) >= 11 is 0.